The van der Waals surface area contributed by atoms with E-state index in [0.29, 0.717) is 0 Å². The van der Waals surface area contributed by atoms with Crippen molar-refractivity contribution in [1.82, 2.24) is 4.98 Å². The van der Waals surface area contributed by atoms with Crippen molar-refractivity contribution in [3.05, 3.63) is 18.5 Å². The van der Waals surface area contributed by atoms with Crippen LogP contribution in [0.4, 0.5) is 5.69 Å². The minimum atomic E-state index is -3.39. The molecule has 0 amide bonds. The predicted octanol–water partition coefficient (Wildman–Crippen LogP) is 1.00. The normalized spacial score (nSPS) is 25.0. The summed E-state index contributed by atoms with van der Waals surface area (Å²) in [5.74, 6) is -0.00838. The van der Waals surface area contributed by atoms with Crippen LogP contribution in [-0.2, 0) is 14.6 Å². The van der Waals surface area contributed by atoms with Crippen molar-refractivity contribution >= 4 is 15.5 Å². The fourth-order valence-corrected chi connectivity index (χ4v) is 3.61. The van der Waals surface area contributed by atoms with Crippen LogP contribution in [0, 0.1) is 0 Å². The monoisotopic (exact) mass is 256 g/mol. The van der Waals surface area contributed by atoms with E-state index in [-0.39, 0.29) is 28.5 Å². The lowest BCUT2D eigenvalue weighted by molar-refractivity contribution is 0.0690. The maximum Gasteiger partial charge on any atom is 0.183 e. The van der Waals surface area contributed by atoms with Gasteiger partial charge in [-0.05, 0) is 25.8 Å². The minimum Gasteiger partial charge on any atom is -0.396 e. The van der Waals surface area contributed by atoms with Crippen molar-refractivity contribution in [2.45, 2.75) is 36.9 Å². The van der Waals surface area contributed by atoms with E-state index in [0.717, 1.165) is 12.8 Å². The van der Waals surface area contributed by atoms with E-state index in [9.17, 15) is 8.42 Å². The fourth-order valence-electron chi connectivity index (χ4n) is 2.02. The highest BCUT2D eigenvalue weighted by atomic mass is 32.2. The molecule has 1 aromatic rings. The Labute approximate surface area is 101 Å². The average Bonchev–Trinajstić information content (AvgIpc) is 2.63. The Bertz CT molecular complexity index is 501. The molecular formula is C11H16N2O3S. The van der Waals surface area contributed by atoms with E-state index in [2.05, 4.69) is 4.98 Å². The second kappa shape index (κ2) is 4.62. The Morgan fingerprint density at radius 2 is 2.29 bits per heavy atom. The van der Waals surface area contributed by atoms with Gasteiger partial charge in [-0.15, -0.1) is 0 Å². The zero-order valence-corrected chi connectivity index (χ0v) is 10.5. The Kier molecular flexibility index (Phi) is 3.35. The molecule has 2 rings (SSSR count). The van der Waals surface area contributed by atoms with Crippen LogP contribution in [0.3, 0.4) is 0 Å². The molecule has 0 spiro atoms. The number of sulfone groups is 1. The summed E-state index contributed by atoms with van der Waals surface area (Å²) in [5, 5.41) is 0. The molecule has 1 fully saturated rings. The maximum atomic E-state index is 12.1. The van der Waals surface area contributed by atoms with Crippen LogP contribution in [0.2, 0.25) is 0 Å². The average molecular weight is 256 g/mol. The minimum absolute atomic E-state index is 0.00838. The summed E-state index contributed by atoms with van der Waals surface area (Å²) in [5.41, 5.74) is 5.82. The number of rotatable bonds is 3. The van der Waals surface area contributed by atoms with Crippen molar-refractivity contribution in [3.8, 4) is 0 Å². The van der Waals surface area contributed by atoms with Crippen molar-refractivity contribution < 1.29 is 13.2 Å². The smallest absolute Gasteiger partial charge is 0.183 e. The molecular weight excluding hydrogens is 240 g/mol. The van der Waals surface area contributed by atoms with Crippen LogP contribution < -0.4 is 5.73 Å². The predicted molar refractivity (Wildman–Crippen MR) is 64.3 cm³/mol. The van der Waals surface area contributed by atoms with Gasteiger partial charge in [-0.3, -0.25) is 4.98 Å². The van der Waals surface area contributed by atoms with Crippen molar-refractivity contribution in [2.75, 3.05) is 11.5 Å². The molecule has 0 saturated carbocycles. The zero-order chi connectivity index (χ0) is 12.5. The van der Waals surface area contributed by atoms with E-state index < -0.39 is 9.84 Å². The van der Waals surface area contributed by atoms with Crippen LogP contribution in [-0.4, -0.2) is 31.4 Å². The third kappa shape index (κ3) is 2.76. The first kappa shape index (κ1) is 12.3. The van der Waals surface area contributed by atoms with Crippen LogP contribution in [0.5, 0.6) is 0 Å². The standard InChI is InChI=1S/C11H16N2O3S/c1-8-2-3-9(16-8)7-17(14,15)11-4-5-13-6-10(11)12/h4-6,8-9H,2-3,7,12H2,1H3. The molecule has 1 aliphatic rings. The number of hydrogen-bond donors (Lipinski definition) is 1. The van der Waals surface area contributed by atoms with Gasteiger partial charge in [0.05, 0.1) is 34.7 Å². The Morgan fingerprint density at radius 1 is 1.53 bits per heavy atom. The first-order valence-electron chi connectivity index (χ1n) is 5.57. The van der Waals surface area contributed by atoms with Crippen LogP contribution >= 0.6 is 0 Å². The van der Waals surface area contributed by atoms with Gasteiger partial charge in [-0.2, -0.15) is 0 Å². The van der Waals surface area contributed by atoms with E-state index in [1.165, 1.54) is 18.5 Å². The lowest BCUT2D eigenvalue weighted by Gasteiger charge is -2.12. The van der Waals surface area contributed by atoms with Crippen LogP contribution in [0.25, 0.3) is 0 Å². The van der Waals surface area contributed by atoms with Gasteiger partial charge >= 0.3 is 0 Å². The topological polar surface area (TPSA) is 82.3 Å². The number of ether oxygens (including phenoxy) is 1. The SMILES string of the molecule is CC1CCC(CS(=O)(=O)c2ccncc2N)O1. The Balaban J connectivity index is 2.17. The first-order chi connectivity index (χ1) is 7.99. The molecule has 0 bridgehead atoms. The largest absolute Gasteiger partial charge is 0.396 e. The number of nitrogens with zero attached hydrogens (tertiary/aromatic N) is 1. The van der Waals surface area contributed by atoms with Gasteiger partial charge in [-0.1, -0.05) is 0 Å². The summed E-state index contributed by atoms with van der Waals surface area (Å²) in [4.78, 5) is 3.93. The lowest BCUT2D eigenvalue weighted by Crippen LogP contribution is -2.22. The van der Waals surface area contributed by atoms with E-state index in [1.54, 1.807) is 0 Å². The molecule has 5 nitrogen and oxygen atoms in total. The second-order valence-electron chi connectivity index (χ2n) is 4.34. The van der Waals surface area contributed by atoms with Crippen molar-refractivity contribution in [2.24, 2.45) is 0 Å². The number of nitrogens with two attached hydrogens (primary N) is 1. The van der Waals surface area contributed by atoms with Gasteiger partial charge in [0.2, 0.25) is 0 Å². The Morgan fingerprint density at radius 3 is 2.88 bits per heavy atom. The van der Waals surface area contributed by atoms with Crippen molar-refractivity contribution in [1.29, 1.82) is 0 Å². The molecule has 94 valence electrons. The number of anilines is 1. The van der Waals surface area contributed by atoms with Gasteiger partial charge in [0.15, 0.2) is 9.84 Å². The summed E-state index contributed by atoms with van der Waals surface area (Å²) in [6, 6.07) is 1.43. The molecule has 2 heterocycles. The molecule has 1 aliphatic heterocycles. The third-order valence-corrected chi connectivity index (χ3v) is 4.72. The molecule has 2 unspecified atom stereocenters. The molecule has 17 heavy (non-hydrogen) atoms. The quantitative estimate of drug-likeness (QED) is 0.872. The highest BCUT2D eigenvalue weighted by Crippen LogP contribution is 2.24. The van der Waals surface area contributed by atoms with Gasteiger partial charge < -0.3 is 10.5 Å². The zero-order valence-electron chi connectivity index (χ0n) is 9.67. The van der Waals surface area contributed by atoms with Crippen LogP contribution in [0.1, 0.15) is 19.8 Å². The lowest BCUT2D eigenvalue weighted by atomic mass is 10.2. The van der Waals surface area contributed by atoms with E-state index >= 15 is 0 Å². The van der Waals surface area contributed by atoms with Crippen molar-refractivity contribution in [3.63, 3.8) is 0 Å². The molecule has 0 aliphatic carbocycles. The summed E-state index contributed by atoms with van der Waals surface area (Å²) in [6.45, 7) is 1.95. The molecule has 2 N–H and O–H groups in total. The van der Waals surface area contributed by atoms with Gasteiger partial charge in [0.25, 0.3) is 0 Å². The van der Waals surface area contributed by atoms with E-state index in [4.69, 9.17) is 10.5 Å². The van der Waals surface area contributed by atoms with Gasteiger partial charge in [-0.25, -0.2) is 8.42 Å². The molecule has 0 radical (unpaired) electrons. The molecule has 1 aromatic heterocycles. The van der Waals surface area contributed by atoms with Gasteiger partial charge in [0, 0.05) is 6.20 Å². The summed E-state index contributed by atoms with van der Waals surface area (Å²) in [6.07, 6.45) is 4.40. The summed E-state index contributed by atoms with van der Waals surface area (Å²) < 4.78 is 29.8. The van der Waals surface area contributed by atoms with Gasteiger partial charge in [0.1, 0.15) is 0 Å². The number of hydrogen-bond acceptors (Lipinski definition) is 5. The maximum absolute atomic E-state index is 12.1. The second-order valence-corrected chi connectivity index (χ2v) is 6.34. The first-order valence-corrected chi connectivity index (χ1v) is 7.22. The highest BCUT2D eigenvalue weighted by Gasteiger charge is 2.28. The molecule has 6 heteroatoms. The third-order valence-electron chi connectivity index (χ3n) is 2.87. The molecule has 1 saturated heterocycles. The molecule has 2 atom stereocenters. The molecule has 0 aromatic carbocycles. The van der Waals surface area contributed by atoms with E-state index in [1.807, 2.05) is 6.92 Å². The number of aromatic nitrogens is 1. The summed E-state index contributed by atoms with van der Waals surface area (Å²) >= 11 is 0. The summed E-state index contributed by atoms with van der Waals surface area (Å²) in [7, 11) is -3.39. The number of nitrogen functional groups attached to an aromatic ring is 1. The highest BCUT2D eigenvalue weighted by molar-refractivity contribution is 7.91. The Hall–Kier alpha value is -1.14. The number of pyridine rings is 1. The fraction of sp³-hybridized carbons (Fsp3) is 0.545. The van der Waals surface area contributed by atoms with Crippen LogP contribution in [0.15, 0.2) is 23.4 Å².